The normalized spacial score (nSPS) is 25.7. The highest BCUT2D eigenvalue weighted by Gasteiger charge is 2.34. The van der Waals surface area contributed by atoms with Gasteiger partial charge in [0.05, 0.1) is 0 Å². The first-order chi connectivity index (χ1) is 10.2. The van der Waals surface area contributed by atoms with Crippen LogP contribution in [0.2, 0.25) is 0 Å². The van der Waals surface area contributed by atoms with E-state index in [1.54, 1.807) is 0 Å². The molecule has 0 bridgehead atoms. The number of nitrogens with one attached hydrogen (secondary N) is 2. The van der Waals surface area contributed by atoms with Crippen molar-refractivity contribution in [2.24, 2.45) is 5.92 Å². The van der Waals surface area contributed by atoms with E-state index in [0.717, 1.165) is 56.6 Å². The number of piperidine rings is 1. The molecule has 2 aliphatic rings. The molecule has 1 aromatic rings. The predicted molar refractivity (Wildman–Crippen MR) is 82.1 cm³/mol. The Balaban J connectivity index is 1.84. The lowest BCUT2D eigenvalue weighted by molar-refractivity contribution is 0.0490. The highest BCUT2D eigenvalue weighted by atomic mass is 16.2. The number of fused-ring (bicyclic) bond motifs is 1. The van der Waals surface area contributed by atoms with E-state index in [1.165, 1.54) is 6.42 Å². The van der Waals surface area contributed by atoms with Gasteiger partial charge in [0.25, 0.3) is 5.91 Å². The smallest absolute Gasteiger partial charge is 0.274 e. The molecular formula is C16H26N4O. The first-order valence-corrected chi connectivity index (χ1v) is 8.30. The van der Waals surface area contributed by atoms with Crippen molar-refractivity contribution < 1.29 is 4.79 Å². The maximum Gasteiger partial charge on any atom is 0.274 e. The van der Waals surface area contributed by atoms with Gasteiger partial charge in [0.1, 0.15) is 0 Å². The van der Waals surface area contributed by atoms with Gasteiger partial charge in [-0.2, -0.15) is 5.10 Å². The molecule has 5 nitrogen and oxygen atoms in total. The van der Waals surface area contributed by atoms with Crippen molar-refractivity contribution in [3.63, 3.8) is 0 Å². The van der Waals surface area contributed by atoms with E-state index in [2.05, 4.69) is 34.3 Å². The zero-order valence-electron chi connectivity index (χ0n) is 13.1. The quantitative estimate of drug-likeness (QED) is 0.896. The summed E-state index contributed by atoms with van der Waals surface area (Å²) in [4.78, 5) is 15.1. The molecule has 5 heteroatoms. The highest BCUT2D eigenvalue weighted by Crippen LogP contribution is 2.28. The van der Waals surface area contributed by atoms with E-state index in [9.17, 15) is 4.79 Å². The molecule has 0 saturated carbocycles. The van der Waals surface area contributed by atoms with Gasteiger partial charge in [-0.05, 0) is 25.2 Å². The molecule has 2 unspecified atom stereocenters. The molecule has 3 rings (SSSR count). The average molecular weight is 290 g/mol. The summed E-state index contributed by atoms with van der Waals surface area (Å²) in [6.07, 6.45) is 5.49. The lowest BCUT2D eigenvalue weighted by atomic mass is 9.87. The summed E-state index contributed by atoms with van der Waals surface area (Å²) in [5, 5.41) is 10.7. The zero-order chi connectivity index (χ0) is 14.8. The summed E-state index contributed by atoms with van der Waals surface area (Å²) >= 11 is 0. The maximum atomic E-state index is 13.0. The fraction of sp³-hybridized carbons (Fsp3) is 0.750. The number of H-pyrrole nitrogens is 1. The number of likely N-dealkylation sites (tertiary alicyclic amines) is 1. The topological polar surface area (TPSA) is 61.0 Å². The van der Waals surface area contributed by atoms with E-state index in [4.69, 9.17) is 0 Å². The summed E-state index contributed by atoms with van der Waals surface area (Å²) in [6, 6.07) is 0.375. The molecule has 2 aliphatic heterocycles. The van der Waals surface area contributed by atoms with Crippen LogP contribution in [0.25, 0.3) is 0 Å². The molecular weight excluding hydrogens is 264 g/mol. The van der Waals surface area contributed by atoms with Gasteiger partial charge in [-0.3, -0.25) is 9.89 Å². The van der Waals surface area contributed by atoms with E-state index in [-0.39, 0.29) is 5.91 Å². The molecule has 0 aromatic carbocycles. The maximum absolute atomic E-state index is 13.0. The molecule has 0 radical (unpaired) electrons. The number of hydrogen-bond acceptors (Lipinski definition) is 3. The second-order valence-electron chi connectivity index (χ2n) is 6.43. The number of nitrogens with zero attached hydrogens (tertiary/aromatic N) is 2. The van der Waals surface area contributed by atoms with Crippen LogP contribution in [0.1, 0.15) is 61.3 Å². The number of hydrogen-bond donors (Lipinski definition) is 2. The Morgan fingerprint density at radius 1 is 1.48 bits per heavy atom. The number of carbonyl (C=O) groups is 1. The molecule has 116 valence electrons. The third-order valence-electron chi connectivity index (χ3n) is 4.97. The summed E-state index contributed by atoms with van der Waals surface area (Å²) in [7, 11) is 0. The van der Waals surface area contributed by atoms with Crippen molar-refractivity contribution in [3.8, 4) is 0 Å². The Morgan fingerprint density at radius 2 is 2.33 bits per heavy atom. The van der Waals surface area contributed by atoms with Crippen LogP contribution < -0.4 is 5.32 Å². The molecule has 21 heavy (non-hydrogen) atoms. The molecule has 0 spiro atoms. The van der Waals surface area contributed by atoms with Crippen molar-refractivity contribution >= 4 is 5.91 Å². The molecule has 2 N–H and O–H groups in total. The Labute approximate surface area is 126 Å². The number of rotatable bonds is 3. The average Bonchev–Trinajstić information content (AvgIpc) is 2.93. The van der Waals surface area contributed by atoms with Crippen LogP contribution >= 0.6 is 0 Å². The monoisotopic (exact) mass is 290 g/mol. The van der Waals surface area contributed by atoms with Crippen molar-refractivity contribution in [2.45, 2.75) is 58.5 Å². The van der Waals surface area contributed by atoms with Gasteiger partial charge in [0.2, 0.25) is 0 Å². The minimum atomic E-state index is 0.126. The van der Waals surface area contributed by atoms with Crippen LogP contribution in [0.3, 0.4) is 0 Å². The van der Waals surface area contributed by atoms with Crippen LogP contribution in [0.4, 0.5) is 0 Å². The standard InChI is InChI=1S/C16H26N4O/c1-3-5-14-11(2)6-4-9-20(14)16(21)15-12-10-17-8-7-13(12)18-19-15/h11,14,17H,3-10H2,1-2H3,(H,18,19). The van der Waals surface area contributed by atoms with Gasteiger partial charge in [0.15, 0.2) is 5.69 Å². The van der Waals surface area contributed by atoms with Crippen LogP contribution in [0, 0.1) is 5.92 Å². The molecule has 0 aliphatic carbocycles. The third-order valence-corrected chi connectivity index (χ3v) is 4.97. The summed E-state index contributed by atoms with van der Waals surface area (Å²) in [6.45, 7) is 7.07. The van der Waals surface area contributed by atoms with Crippen LogP contribution in [0.5, 0.6) is 0 Å². The van der Waals surface area contributed by atoms with E-state index < -0.39 is 0 Å². The van der Waals surface area contributed by atoms with Gasteiger partial charge in [-0.25, -0.2) is 0 Å². The van der Waals surface area contributed by atoms with Crippen molar-refractivity contribution in [1.82, 2.24) is 20.4 Å². The van der Waals surface area contributed by atoms with Crippen molar-refractivity contribution in [2.75, 3.05) is 13.1 Å². The van der Waals surface area contributed by atoms with E-state index >= 15 is 0 Å². The molecule has 1 fully saturated rings. The Bertz CT molecular complexity index is 510. The zero-order valence-corrected chi connectivity index (χ0v) is 13.1. The molecule has 1 aromatic heterocycles. The minimum absolute atomic E-state index is 0.126. The fourth-order valence-electron chi connectivity index (χ4n) is 3.78. The molecule has 1 amide bonds. The lowest BCUT2D eigenvalue weighted by Crippen LogP contribution is -2.48. The summed E-state index contributed by atoms with van der Waals surface area (Å²) in [5.74, 6) is 0.719. The van der Waals surface area contributed by atoms with E-state index in [0.29, 0.717) is 17.7 Å². The van der Waals surface area contributed by atoms with Crippen LogP contribution in [-0.4, -0.2) is 40.1 Å². The van der Waals surface area contributed by atoms with Crippen LogP contribution in [0.15, 0.2) is 0 Å². The SMILES string of the molecule is CCCC1C(C)CCCN1C(=O)c1n[nH]c2c1CNCC2. The second kappa shape index (κ2) is 6.18. The van der Waals surface area contributed by atoms with Gasteiger partial charge in [0, 0.05) is 43.4 Å². The molecule has 2 atom stereocenters. The third kappa shape index (κ3) is 2.71. The number of aromatic amines is 1. The van der Waals surface area contributed by atoms with Crippen molar-refractivity contribution in [1.29, 1.82) is 0 Å². The Hall–Kier alpha value is -1.36. The second-order valence-corrected chi connectivity index (χ2v) is 6.43. The predicted octanol–water partition coefficient (Wildman–Crippen LogP) is 2.10. The number of aromatic nitrogens is 2. The first kappa shape index (κ1) is 14.6. The van der Waals surface area contributed by atoms with Crippen LogP contribution in [-0.2, 0) is 13.0 Å². The molecule has 1 saturated heterocycles. The van der Waals surface area contributed by atoms with Crippen molar-refractivity contribution in [3.05, 3.63) is 17.0 Å². The molecule has 3 heterocycles. The van der Waals surface area contributed by atoms with Gasteiger partial charge < -0.3 is 10.2 Å². The first-order valence-electron chi connectivity index (χ1n) is 8.30. The number of amides is 1. The Kier molecular flexibility index (Phi) is 4.29. The van der Waals surface area contributed by atoms with Gasteiger partial charge in [-0.1, -0.05) is 20.3 Å². The van der Waals surface area contributed by atoms with Gasteiger partial charge >= 0.3 is 0 Å². The number of carbonyl (C=O) groups excluding carboxylic acids is 1. The van der Waals surface area contributed by atoms with Gasteiger partial charge in [-0.15, -0.1) is 0 Å². The fourth-order valence-corrected chi connectivity index (χ4v) is 3.78. The summed E-state index contributed by atoms with van der Waals surface area (Å²) in [5.41, 5.74) is 2.86. The minimum Gasteiger partial charge on any atom is -0.334 e. The lowest BCUT2D eigenvalue weighted by Gasteiger charge is -2.40. The Morgan fingerprint density at radius 3 is 3.14 bits per heavy atom. The largest absolute Gasteiger partial charge is 0.334 e. The summed E-state index contributed by atoms with van der Waals surface area (Å²) < 4.78 is 0. The highest BCUT2D eigenvalue weighted by molar-refractivity contribution is 5.94. The van der Waals surface area contributed by atoms with E-state index in [1.807, 2.05) is 0 Å².